The first kappa shape index (κ1) is 27.3. The molecule has 0 aliphatic heterocycles. The van der Waals surface area contributed by atoms with E-state index in [1.807, 2.05) is 29.0 Å². The van der Waals surface area contributed by atoms with Crippen molar-refractivity contribution in [2.45, 2.75) is 18.1 Å². The summed E-state index contributed by atoms with van der Waals surface area (Å²) in [6, 6.07) is 24.7. The van der Waals surface area contributed by atoms with Crippen LogP contribution in [0.4, 0.5) is 0 Å². The van der Waals surface area contributed by atoms with E-state index in [0.717, 1.165) is 22.3 Å². The quantitative estimate of drug-likeness (QED) is 0.248. The van der Waals surface area contributed by atoms with Crippen LogP contribution < -0.4 is 4.72 Å². The van der Waals surface area contributed by atoms with Gasteiger partial charge in [-0.2, -0.15) is 0 Å². The molecule has 0 aliphatic rings. The molecule has 4 rings (SSSR count). The number of hydrogen-bond acceptors (Lipinski definition) is 5. The number of aromatic carboxylic acids is 1. The van der Waals surface area contributed by atoms with Crippen LogP contribution >= 0.6 is 23.2 Å². The number of carboxylic acid groups (broad SMARTS) is 1. The van der Waals surface area contributed by atoms with E-state index in [9.17, 15) is 18.0 Å². The van der Waals surface area contributed by atoms with Gasteiger partial charge in [0.1, 0.15) is 4.90 Å². The van der Waals surface area contributed by atoms with Crippen LogP contribution in [0.5, 0.6) is 0 Å². The molecule has 0 saturated heterocycles. The molecule has 2 N–H and O–H groups in total. The Hall–Kier alpha value is -3.69. The Balaban J connectivity index is 1.30. The lowest BCUT2D eigenvalue weighted by Gasteiger charge is -2.10. The zero-order chi connectivity index (χ0) is 27.3. The van der Waals surface area contributed by atoms with Crippen molar-refractivity contribution in [3.8, 4) is 11.1 Å². The van der Waals surface area contributed by atoms with Crippen molar-refractivity contribution >= 4 is 45.1 Å². The minimum absolute atomic E-state index is 0.0886. The maximum atomic E-state index is 12.5. The van der Waals surface area contributed by atoms with E-state index in [2.05, 4.69) is 0 Å². The minimum Gasteiger partial charge on any atom is -0.478 e. The first-order chi connectivity index (χ1) is 18.1. The number of carboxylic acids is 1. The summed E-state index contributed by atoms with van der Waals surface area (Å²) in [6.45, 7) is 0.652. The highest BCUT2D eigenvalue weighted by molar-refractivity contribution is 7.90. The maximum Gasteiger partial charge on any atom is 0.335 e. The Kier molecular flexibility index (Phi) is 8.48. The van der Waals surface area contributed by atoms with Crippen LogP contribution in [0.1, 0.15) is 31.8 Å². The van der Waals surface area contributed by atoms with E-state index >= 15 is 0 Å². The van der Waals surface area contributed by atoms with Crippen LogP contribution in [0.2, 0.25) is 10.0 Å². The molecule has 0 aromatic heterocycles. The van der Waals surface area contributed by atoms with Gasteiger partial charge < -0.3 is 9.84 Å². The minimum atomic E-state index is -4.17. The van der Waals surface area contributed by atoms with E-state index in [4.69, 9.17) is 33.0 Å². The predicted molar refractivity (Wildman–Crippen MR) is 145 cm³/mol. The highest BCUT2D eigenvalue weighted by Gasteiger charge is 2.21. The molecule has 7 nitrogen and oxygen atoms in total. The number of carbonyl (C=O) groups is 2. The van der Waals surface area contributed by atoms with Gasteiger partial charge in [-0.15, -0.1) is 0 Å². The zero-order valence-electron chi connectivity index (χ0n) is 19.7. The fourth-order valence-corrected chi connectivity index (χ4v) is 5.31. The van der Waals surface area contributed by atoms with Crippen molar-refractivity contribution in [1.82, 2.24) is 4.72 Å². The summed E-state index contributed by atoms with van der Waals surface area (Å²) in [5.41, 5.74) is 4.03. The summed E-state index contributed by atoms with van der Waals surface area (Å²) in [6.07, 6.45) is 0. The van der Waals surface area contributed by atoms with Crippen LogP contribution in [0.15, 0.2) is 95.9 Å². The molecule has 4 aromatic rings. The first-order valence-electron chi connectivity index (χ1n) is 11.2. The zero-order valence-corrected chi connectivity index (χ0v) is 22.1. The highest BCUT2D eigenvalue weighted by Crippen LogP contribution is 2.25. The van der Waals surface area contributed by atoms with Crippen LogP contribution in [-0.2, 0) is 28.0 Å². The third-order valence-corrected chi connectivity index (χ3v) is 7.63. The Morgan fingerprint density at radius 3 is 1.76 bits per heavy atom. The van der Waals surface area contributed by atoms with Crippen molar-refractivity contribution < 1.29 is 27.9 Å². The number of ether oxygens (including phenoxy) is 1. The van der Waals surface area contributed by atoms with E-state index in [-0.39, 0.29) is 26.1 Å². The van der Waals surface area contributed by atoms with E-state index in [1.54, 1.807) is 36.4 Å². The van der Waals surface area contributed by atoms with Gasteiger partial charge in [0.15, 0.2) is 0 Å². The van der Waals surface area contributed by atoms with E-state index in [1.165, 1.54) is 30.3 Å². The third-order valence-electron chi connectivity index (χ3n) is 5.58. The molecule has 4 aromatic carbocycles. The summed E-state index contributed by atoms with van der Waals surface area (Å²) < 4.78 is 32.8. The fourth-order valence-electron chi connectivity index (χ4n) is 3.57. The van der Waals surface area contributed by atoms with Crippen LogP contribution in [0.3, 0.4) is 0 Å². The Bertz CT molecular complexity index is 1570. The molecule has 0 aliphatic carbocycles. The van der Waals surface area contributed by atoms with Crippen molar-refractivity contribution in [2.75, 3.05) is 0 Å². The number of carbonyl (C=O) groups excluding carboxylic acids is 1. The van der Waals surface area contributed by atoms with E-state index in [0.29, 0.717) is 13.2 Å². The Morgan fingerprint density at radius 1 is 0.737 bits per heavy atom. The molecule has 0 unspecified atom stereocenters. The van der Waals surface area contributed by atoms with Gasteiger partial charge in [-0.25, -0.2) is 17.9 Å². The molecular weight excluding hydrogens is 549 g/mol. The van der Waals surface area contributed by atoms with Gasteiger partial charge in [0.2, 0.25) is 0 Å². The smallest absolute Gasteiger partial charge is 0.335 e. The van der Waals surface area contributed by atoms with Gasteiger partial charge >= 0.3 is 5.97 Å². The summed E-state index contributed by atoms with van der Waals surface area (Å²) in [4.78, 5) is 23.2. The topological polar surface area (TPSA) is 110 Å². The predicted octanol–water partition coefficient (Wildman–Crippen LogP) is 6.19. The second-order valence-electron chi connectivity index (χ2n) is 8.28. The molecule has 0 heterocycles. The average Bonchev–Trinajstić information content (AvgIpc) is 2.89. The number of nitrogens with one attached hydrogen (secondary N) is 1. The number of sulfonamides is 1. The molecule has 0 radical (unpaired) electrons. The average molecular weight is 570 g/mol. The van der Waals surface area contributed by atoms with Crippen molar-refractivity contribution in [2.24, 2.45) is 0 Å². The number of halogens is 2. The second kappa shape index (κ2) is 11.8. The SMILES string of the molecule is O=C(O)c1ccc(-c2ccc(COCc3ccc(C(=O)NS(=O)(=O)c4ccc(Cl)cc4Cl)cc3)cc2)cc1. The van der Waals surface area contributed by atoms with Gasteiger partial charge in [-0.05, 0) is 64.7 Å². The number of benzene rings is 4. The lowest BCUT2D eigenvalue weighted by Crippen LogP contribution is -2.30. The van der Waals surface area contributed by atoms with Crippen LogP contribution in [-0.4, -0.2) is 25.4 Å². The maximum absolute atomic E-state index is 12.5. The van der Waals surface area contributed by atoms with Crippen LogP contribution in [0.25, 0.3) is 11.1 Å². The standard InChI is InChI=1S/C28H21Cl2NO6S/c29-24-13-14-26(25(30)15-24)38(35,36)31-27(32)22-7-3-19(4-8-22)17-37-16-18-1-5-20(6-2-18)21-9-11-23(12-10-21)28(33)34/h1-15H,16-17H2,(H,31,32)(H,33,34). The lowest BCUT2D eigenvalue weighted by molar-refractivity contribution is 0.0696. The normalized spacial score (nSPS) is 11.2. The number of rotatable bonds is 9. The molecular formula is C28H21Cl2NO6S. The van der Waals surface area contributed by atoms with Gasteiger partial charge in [-0.3, -0.25) is 4.79 Å². The second-order valence-corrected chi connectivity index (χ2v) is 10.8. The number of hydrogen-bond donors (Lipinski definition) is 2. The molecule has 194 valence electrons. The molecule has 10 heteroatoms. The summed E-state index contributed by atoms with van der Waals surface area (Å²) in [7, 11) is -4.17. The molecule has 1 amide bonds. The molecule has 0 spiro atoms. The first-order valence-corrected chi connectivity index (χ1v) is 13.5. The van der Waals surface area contributed by atoms with Crippen LogP contribution in [0, 0.1) is 0 Å². The molecule has 0 atom stereocenters. The summed E-state index contributed by atoms with van der Waals surface area (Å²) in [5, 5.41) is 9.21. The molecule has 0 saturated carbocycles. The van der Waals surface area contributed by atoms with E-state index < -0.39 is 21.9 Å². The Labute approximate surface area is 229 Å². The fraction of sp³-hybridized carbons (Fsp3) is 0.0714. The van der Waals surface area contributed by atoms with Gasteiger partial charge in [-0.1, -0.05) is 71.7 Å². The molecule has 38 heavy (non-hydrogen) atoms. The van der Waals surface area contributed by atoms with Gasteiger partial charge in [0.25, 0.3) is 15.9 Å². The third kappa shape index (κ3) is 6.79. The lowest BCUT2D eigenvalue weighted by atomic mass is 10.0. The molecule has 0 bridgehead atoms. The van der Waals surface area contributed by atoms with Crippen molar-refractivity contribution in [3.63, 3.8) is 0 Å². The van der Waals surface area contributed by atoms with Gasteiger partial charge in [0.05, 0.1) is 23.8 Å². The monoisotopic (exact) mass is 569 g/mol. The largest absolute Gasteiger partial charge is 0.478 e. The molecule has 0 fully saturated rings. The van der Waals surface area contributed by atoms with Crippen molar-refractivity contribution in [3.05, 3.63) is 123 Å². The highest BCUT2D eigenvalue weighted by atomic mass is 35.5. The van der Waals surface area contributed by atoms with Gasteiger partial charge in [0, 0.05) is 10.6 Å². The number of amides is 1. The Morgan fingerprint density at radius 2 is 1.24 bits per heavy atom. The summed E-state index contributed by atoms with van der Waals surface area (Å²) >= 11 is 11.8. The van der Waals surface area contributed by atoms with Crippen molar-refractivity contribution in [1.29, 1.82) is 0 Å². The summed E-state index contributed by atoms with van der Waals surface area (Å²) in [5.74, 6) is -1.75.